The summed E-state index contributed by atoms with van der Waals surface area (Å²) in [4.78, 5) is 14.5. The second-order valence-electron chi connectivity index (χ2n) is 13.6. The van der Waals surface area contributed by atoms with E-state index in [9.17, 15) is 14.8 Å². The number of nitriles is 1. The molecule has 3 aliphatic heterocycles. The average molecular weight is 660 g/mol. The van der Waals surface area contributed by atoms with Crippen LogP contribution in [0.3, 0.4) is 0 Å². The zero-order chi connectivity index (χ0) is 33.9. The lowest BCUT2D eigenvalue weighted by atomic mass is 9.92. The van der Waals surface area contributed by atoms with Crippen LogP contribution >= 0.6 is 0 Å². The Morgan fingerprint density at radius 2 is 2.00 bits per heavy atom. The summed E-state index contributed by atoms with van der Waals surface area (Å²) >= 11 is 0. The van der Waals surface area contributed by atoms with Gasteiger partial charge in [0.05, 0.1) is 34.4 Å². The van der Waals surface area contributed by atoms with Gasteiger partial charge in [-0.3, -0.25) is 9.58 Å². The number of ether oxygens (including phenoxy) is 1. The second kappa shape index (κ2) is 12.0. The number of aromatic hydroxyl groups is 1. The Morgan fingerprint density at radius 1 is 1.12 bits per heavy atom. The van der Waals surface area contributed by atoms with Crippen LogP contribution < -0.4 is 9.64 Å². The van der Waals surface area contributed by atoms with Crippen molar-refractivity contribution in [2.45, 2.75) is 44.1 Å². The maximum absolute atomic E-state index is 15.1. The van der Waals surface area contributed by atoms with Crippen LogP contribution in [-0.4, -0.2) is 68.1 Å². The van der Waals surface area contributed by atoms with Gasteiger partial charge in [-0.05, 0) is 85.9 Å². The summed E-state index contributed by atoms with van der Waals surface area (Å²) in [6.07, 6.45) is 13.3. The first-order valence-corrected chi connectivity index (χ1v) is 16.7. The molecule has 1 N–H and O–H groups in total. The molecule has 9 nitrogen and oxygen atoms in total. The standard InChI is InChI=1S/C38H35F2N7O2/c1-3-27-31(40)8-7-25-14-26(48)15-28(33(25)27)29-16-32-34(30-21-45(2)44-35(29)30)36(46-11-4-6-23(19-41)9-13-46)43-37(42-32)49-22-38-10-5-12-47(38)20-24(17-38)18-39/h1,7-8,14-16,18,21,23,48H,4-6,9-13,17,20,22H2,2H3/b24-18-/t23?,38-/m0/s1. The summed E-state index contributed by atoms with van der Waals surface area (Å²) in [5.41, 5.74) is 2.91. The first-order chi connectivity index (χ1) is 23.8. The van der Waals surface area contributed by atoms with Crippen molar-refractivity contribution < 1.29 is 18.6 Å². The third kappa shape index (κ3) is 5.21. The molecular formula is C38H35F2N7O2. The molecule has 248 valence electrons. The summed E-state index contributed by atoms with van der Waals surface area (Å²) < 4.78 is 36.9. The maximum atomic E-state index is 15.1. The monoisotopic (exact) mass is 659 g/mol. The first kappa shape index (κ1) is 31.0. The topological polar surface area (TPSA) is 103 Å². The molecule has 0 bridgehead atoms. The summed E-state index contributed by atoms with van der Waals surface area (Å²) in [7, 11) is 1.83. The number of phenolic OH excluding ortho intramolecular Hbond substituents is 1. The van der Waals surface area contributed by atoms with Crippen molar-refractivity contribution in [2.75, 3.05) is 37.7 Å². The zero-order valence-corrected chi connectivity index (χ0v) is 27.2. The van der Waals surface area contributed by atoms with E-state index in [0.717, 1.165) is 54.9 Å². The molecule has 8 rings (SSSR count). The third-order valence-corrected chi connectivity index (χ3v) is 10.5. The number of hydrogen-bond donors (Lipinski definition) is 1. The van der Waals surface area contributed by atoms with E-state index in [1.807, 2.05) is 19.3 Å². The quantitative estimate of drug-likeness (QED) is 0.207. The van der Waals surface area contributed by atoms with Crippen molar-refractivity contribution in [1.29, 1.82) is 5.26 Å². The molecule has 5 heterocycles. The predicted molar refractivity (Wildman–Crippen MR) is 184 cm³/mol. The van der Waals surface area contributed by atoms with Gasteiger partial charge >= 0.3 is 6.01 Å². The lowest BCUT2D eigenvalue weighted by molar-refractivity contribution is 0.108. The van der Waals surface area contributed by atoms with Gasteiger partial charge in [0.2, 0.25) is 0 Å². The summed E-state index contributed by atoms with van der Waals surface area (Å²) in [6.45, 7) is 3.14. The minimum Gasteiger partial charge on any atom is -0.508 e. The molecule has 11 heteroatoms. The van der Waals surface area contributed by atoms with Gasteiger partial charge in [0.15, 0.2) is 0 Å². The molecule has 0 radical (unpaired) electrons. The highest BCUT2D eigenvalue weighted by molar-refractivity contribution is 6.17. The van der Waals surface area contributed by atoms with E-state index in [1.54, 1.807) is 22.9 Å². The minimum absolute atomic E-state index is 0.00362. The molecule has 0 amide bonds. The van der Waals surface area contributed by atoms with E-state index < -0.39 is 5.82 Å². The first-order valence-electron chi connectivity index (χ1n) is 16.7. The molecule has 3 saturated heterocycles. The van der Waals surface area contributed by atoms with Crippen molar-refractivity contribution in [3.8, 4) is 41.3 Å². The molecule has 3 aliphatic rings. The Balaban J connectivity index is 1.34. The number of rotatable bonds is 5. The summed E-state index contributed by atoms with van der Waals surface area (Å²) in [5, 5.41) is 28.0. The van der Waals surface area contributed by atoms with E-state index in [1.165, 1.54) is 6.07 Å². The number of hydrogen-bond acceptors (Lipinski definition) is 8. The van der Waals surface area contributed by atoms with Crippen molar-refractivity contribution in [1.82, 2.24) is 24.6 Å². The fourth-order valence-electron chi connectivity index (χ4n) is 8.25. The molecule has 1 unspecified atom stereocenters. The van der Waals surface area contributed by atoms with Crippen molar-refractivity contribution >= 4 is 38.4 Å². The molecule has 0 spiro atoms. The predicted octanol–water partition coefficient (Wildman–Crippen LogP) is 6.76. The second-order valence-corrected chi connectivity index (χ2v) is 13.6. The molecule has 49 heavy (non-hydrogen) atoms. The van der Waals surface area contributed by atoms with Gasteiger partial charge in [-0.2, -0.15) is 20.3 Å². The maximum Gasteiger partial charge on any atom is 0.319 e. The highest BCUT2D eigenvalue weighted by Crippen LogP contribution is 2.44. The summed E-state index contributed by atoms with van der Waals surface area (Å²) in [6, 6.07) is 10.6. The lowest BCUT2D eigenvalue weighted by Gasteiger charge is -2.31. The van der Waals surface area contributed by atoms with Crippen molar-refractivity contribution in [3.05, 3.63) is 59.8 Å². The van der Waals surface area contributed by atoms with Crippen LogP contribution in [0.2, 0.25) is 0 Å². The fourth-order valence-corrected chi connectivity index (χ4v) is 8.25. The van der Waals surface area contributed by atoms with Crippen LogP contribution in [0.4, 0.5) is 14.6 Å². The number of halogens is 2. The molecule has 0 saturated carbocycles. The molecular weight excluding hydrogens is 624 g/mol. The van der Waals surface area contributed by atoms with Crippen LogP contribution in [0.25, 0.3) is 43.7 Å². The molecule has 2 aromatic heterocycles. The van der Waals surface area contributed by atoms with Crippen molar-refractivity contribution in [3.63, 3.8) is 0 Å². The van der Waals surface area contributed by atoms with Crippen LogP contribution in [0.5, 0.6) is 11.8 Å². The van der Waals surface area contributed by atoms with Crippen LogP contribution in [0.15, 0.2) is 48.4 Å². The van der Waals surface area contributed by atoms with Gasteiger partial charge in [-0.25, -0.2) is 8.78 Å². The minimum atomic E-state index is -0.532. The van der Waals surface area contributed by atoms with Crippen LogP contribution in [-0.2, 0) is 7.05 Å². The van der Waals surface area contributed by atoms with E-state index in [0.29, 0.717) is 77.8 Å². The Morgan fingerprint density at radius 3 is 2.82 bits per heavy atom. The van der Waals surface area contributed by atoms with E-state index >= 15 is 4.39 Å². The fraction of sp³-hybridized carbons (Fsp3) is 0.368. The largest absolute Gasteiger partial charge is 0.508 e. The van der Waals surface area contributed by atoms with Gasteiger partial charge in [0.25, 0.3) is 0 Å². The van der Waals surface area contributed by atoms with Crippen LogP contribution in [0, 0.1) is 35.4 Å². The molecule has 0 aliphatic carbocycles. The highest BCUT2D eigenvalue weighted by atomic mass is 19.1. The van der Waals surface area contributed by atoms with Gasteiger partial charge in [0.1, 0.15) is 29.5 Å². The van der Waals surface area contributed by atoms with E-state index in [-0.39, 0.29) is 28.8 Å². The number of nitrogens with zero attached hydrogens (tertiary/aromatic N) is 7. The molecule has 3 fully saturated rings. The van der Waals surface area contributed by atoms with Gasteiger partial charge in [-0.15, -0.1) is 6.42 Å². The molecule has 5 aromatic rings. The molecule has 2 atom stereocenters. The number of anilines is 1. The number of benzene rings is 3. The summed E-state index contributed by atoms with van der Waals surface area (Å²) in [5.74, 6) is 2.64. The zero-order valence-electron chi connectivity index (χ0n) is 27.2. The van der Waals surface area contributed by atoms with E-state index in [2.05, 4.69) is 21.8 Å². The van der Waals surface area contributed by atoms with Gasteiger partial charge < -0.3 is 14.7 Å². The smallest absolute Gasteiger partial charge is 0.319 e. The Labute approximate surface area is 282 Å². The number of terminal acetylenes is 1. The lowest BCUT2D eigenvalue weighted by Crippen LogP contribution is -2.43. The number of fused-ring (bicyclic) bond motifs is 5. The number of phenols is 1. The van der Waals surface area contributed by atoms with Crippen LogP contribution in [0.1, 0.15) is 44.1 Å². The van der Waals surface area contributed by atoms with E-state index in [4.69, 9.17) is 26.2 Å². The Bertz CT molecular complexity index is 2270. The molecule has 3 aromatic carbocycles. The number of aromatic nitrogens is 4. The average Bonchev–Trinajstić information content (AvgIpc) is 3.72. The van der Waals surface area contributed by atoms with Gasteiger partial charge in [-0.1, -0.05) is 12.0 Å². The highest BCUT2D eigenvalue weighted by Gasteiger charge is 2.47. The SMILES string of the molecule is C#Cc1c(F)ccc2cc(O)cc(-c3cc4nc(OC[C@@]56CCCN5C/C(=C\F)C6)nc(N5CCCC(C#N)CC5)c4c4cn(C)nc34)c12. The Kier molecular flexibility index (Phi) is 7.61. The Hall–Kier alpha value is -5.26. The number of aryl methyl sites for hydroxylation is 1. The third-order valence-electron chi connectivity index (χ3n) is 10.5. The normalized spacial score (nSPS) is 22.1. The van der Waals surface area contributed by atoms with Gasteiger partial charge in [0, 0.05) is 55.1 Å². The van der Waals surface area contributed by atoms with Crippen molar-refractivity contribution in [2.24, 2.45) is 13.0 Å².